The van der Waals surface area contributed by atoms with Crippen LogP contribution in [0.1, 0.15) is 22.0 Å². The average molecular weight is 361 g/mol. The van der Waals surface area contributed by atoms with E-state index in [1.165, 1.54) is 0 Å². The van der Waals surface area contributed by atoms with E-state index >= 15 is 0 Å². The Bertz CT molecular complexity index is 883. The maximum Gasteiger partial charge on any atom is 0.274 e. The maximum atomic E-state index is 12.6. The molecule has 0 N–H and O–H groups in total. The molecule has 0 radical (unpaired) electrons. The average Bonchev–Trinajstić information content (AvgIpc) is 3.07. The number of aryl methyl sites for hydroxylation is 1. The SMILES string of the molecule is Cc1cn2c(n1)CN(C(=O)c1cc3ncc(Br)cn3n1)CC2. The highest BCUT2D eigenvalue weighted by Gasteiger charge is 2.24. The molecule has 7 nitrogen and oxygen atoms in total. The summed E-state index contributed by atoms with van der Waals surface area (Å²) in [6.45, 7) is 3.90. The van der Waals surface area contributed by atoms with Crippen molar-refractivity contribution in [3.63, 3.8) is 0 Å². The number of hydrogen-bond donors (Lipinski definition) is 0. The minimum atomic E-state index is -0.0893. The smallest absolute Gasteiger partial charge is 0.274 e. The Labute approximate surface area is 134 Å². The zero-order valence-corrected chi connectivity index (χ0v) is 13.5. The number of carbonyl (C=O) groups is 1. The van der Waals surface area contributed by atoms with Crippen LogP contribution in [0, 0.1) is 6.92 Å². The van der Waals surface area contributed by atoms with E-state index in [0.717, 1.165) is 22.5 Å². The van der Waals surface area contributed by atoms with Gasteiger partial charge in [-0.15, -0.1) is 0 Å². The Morgan fingerprint density at radius 3 is 3.05 bits per heavy atom. The third-order valence-electron chi connectivity index (χ3n) is 3.71. The van der Waals surface area contributed by atoms with Crippen LogP contribution in [0.15, 0.2) is 29.1 Å². The third kappa shape index (κ3) is 2.19. The molecule has 4 rings (SSSR count). The lowest BCUT2D eigenvalue weighted by Crippen LogP contribution is -2.38. The summed E-state index contributed by atoms with van der Waals surface area (Å²) >= 11 is 3.35. The monoisotopic (exact) mass is 360 g/mol. The number of rotatable bonds is 1. The Morgan fingerprint density at radius 2 is 2.18 bits per heavy atom. The van der Waals surface area contributed by atoms with Gasteiger partial charge in [-0.25, -0.2) is 14.5 Å². The molecular formula is C14H13BrN6O. The van der Waals surface area contributed by atoms with Gasteiger partial charge in [-0.1, -0.05) is 0 Å². The van der Waals surface area contributed by atoms with E-state index in [0.29, 0.717) is 24.4 Å². The van der Waals surface area contributed by atoms with Crippen molar-refractivity contribution in [3.8, 4) is 0 Å². The molecule has 3 aromatic heterocycles. The van der Waals surface area contributed by atoms with Gasteiger partial charge in [-0.3, -0.25) is 4.79 Å². The fourth-order valence-electron chi connectivity index (χ4n) is 2.69. The quantitative estimate of drug-likeness (QED) is 0.661. The summed E-state index contributed by atoms with van der Waals surface area (Å²) in [5.74, 6) is 0.829. The summed E-state index contributed by atoms with van der Waals surface area (Å²) < 4.78 is 4.52. The summed E-state index contributed by atoms with van der Waals surface area (Å²) in [4.78, 5) is 23.1. The van der Waals surface area contributed by atoms with E-state index in [2.05, 4.69) is 35.6 Å². The Kier molecular flexibility index (Phi) is 3.00. The topological polar surface area (TPSA) is 68.3 Å². The Hall–Kier alpha value is -2.22. The predicted octanol–water partition coefficient (Wildman–Crippen LogP) is 1.65. The molecule has 0 unspecified atom stereocenters. The summed E-state index contributed by atoms with van der Waals surface area (Å²) in [7, 11) is 0. The van der Waals surface area contributed by atoms with E-state index in [1.807, 2.05) is 13.1 Å². The van der Waals surface area contributed by atoms with Crippen LogP contribution in [0.5, 0.6) is 0 Å². The molecule has 1 aliphatic heterocycles. The minimum Gasteiger partial charge on any atom is -0.331 e. The zero-order chi connectivity index (χ0) is 15.3. The molecule has 0 aliphatic carbocycles. The molecule has 112 valence electrons. The number of imidazole rings is 1. The Morgan fingerprint density at radius 1 is 1.32 bits per heavy atom. The van der Waals surface area contributed by atoms with Crippen molar-refractivity contribution >= 4 is 27.5 Å². The lowest BCUT2D eigenvalue weighted by atomic mass is 10.3. The summed E-state index contributed by atoms with van der Waals surface area (Å²) in [5, 5.41) is 4.32. The van der Waals surface area contributed by atoms with Gasteiger partial charge in [0.25, 0.3) is 5.91 Å². The van der Waals surface area contributed by atoms with Gasteiger partial charge < -0.3 is 9.47 Å². The number of halogens is 1. The highest BCUT2D eigenvalue weighted by atomic mass is 79.9. The number of nitrogens with zero attached hydrogens (tertiary/aromatic N) is 6. The lowest BCUT2D eigenvalue weighted by molar-refractivity contribution is 0.0701. The van der Waals surface area contributed by atoms with Crippen molar-refractivity contribution < 1.29 is 4.79 Å². The highest BCUT2D eigenvalue weighted by molar-refractivity contribution is 9.10. The molecule has 8 heteroatoms. The van der Waals surface area contributed by atoms with Gasteiger partial charge in [0.2, 0.25) is 0 Å². The number of hydrogen-bond acceptors (Lipinski definition) is 4. The molecule has 0 atom stereocenters. The number of carbonyl (C=O) groups excluding carboxylic acids is 1. The van der Waals surface area contributed by atoms with E-state index < -0.39 is 0 Å². The first-order valence-electron chi connectivity index (χ1n) is 6.93. The molecule has 0 saturated heterocycles. The van der Waals surface area contributed by atoms with Crippen molar-refractivity contribution in [1.82, 2.24) is 29.0 Å². The van der Waals surface area contributed by atoms with Gasteiger partial charge in [0.15, 0.2) is 11.3 Å². The van der Waals surface area contributed by atoms with E-state index in [-0.39, 0.29) is 5.91 Å². The van der Waals surface area contributed by atoms with E-state index in [4.69, 9.17) is 0 Å². The number of amides is 1. The third-order valence-corrected chi connectivity index (χ3v) is 4.12. The molecular weight excluding hydrogens is 348 g/mol. The predicted molar refractivity (Wildman–Crippen MR) is 82.4 cm³/mol. The van der Waals surface area contributed by atoms with Gasteiger partial charge in [-0.2, -0.15) is 5.10 Å². The normalized spacial score (nSPS) is 14.4. The standard InChI is InChI=1S/C14H13BrN6O/c1-9-6-19-2-3-20(8-13(19)17-9)14(22)11-4-12-16-5-10(15)7-21(12)18-11/h4-7H,2-3,8H2,1H3. The second kappa shape index (κ2) is 4.91. The van der Waals surface area contributed by atoms with Crippen molar-refractivity contribution in [1.29, 1.82) is 0 Å². The van der Waals surface area contributed by atoms with Crippen molar-refractivity contribution in [2.75, 3.05) is 6.54 Å². The lowest BCUT2D eigenvalue weighted by Gasteiger charge is -2.26. The summed E-state index contributed by atoms with van der Waals surface area (Å²) in [5.41, 5.74) is 2.04. The molecule has 0 bridgehead atoms. The van der Waals surface area contributed by atoms with Crippen LogP contribution < -0.4 is 0 Å². The summed E-state index contributed by atoms with van der Waals surface area (Å²) in [6, 6.07) is 1.71. The van der Waals surface area contributed by atoms with E-state index in [9.17, 15) is 4.79 Å². The zero-order valence-electron chi connectivity index (χ0n) is 11.9. The molecule has 22 heavy (non-hydrogen) atoms. The largest absolute Gasteiger partial charge is 0.331 e. The second-order valence-electron chi connectivity index (χ2n) is 5.32. The molecule has 3 aromatic rings. The molecule has 0 aromatic carbocycles. The minimum absolute atomic E-state index is 0.0893. The van der Waals surface area contributed by atoms with Crippen LogP contribution in [0.2, 0.25) is 0 Å². The van der Waals surface area contributed by atoms with Crippen LogP contribution in [0.25, 0.3) is 5.65 Å². The van der Waals surface area contributed by atoms with Gasteiger partial charge >= 0.3 is 0 Å². The van der Waals surface area contributed by atoms with E-state index in [1.54, 1.807) is 27.9 Å². The highest BCUT2D eigenvalue weighted by Crippen LogP contribution is 2.16. The molecule has 0 fully saturated rings. The fourth-order valence-corrected chi connectivity index (χ4v) is 2.98. The first kappa shape index (κ1) is 13.4. The van der Waals surface area contributed by atoms with Crippen LogP contribution in [-0.2, 0) is 13.1 Å². The van der Waals surface area contributed by atoms with Gasteiger partial charge in [0.1, 0.15) is 5.82 Å². The van der Waals surface area contributed by atoms with Gasteiger partial charge in [0, 0.05) is 37.7 Å². The molecule has 1 aliphatic rings. The van der Waals surface area contributed by atoms with Gasteiger partial charge in [0.05, 0.1) is 16.7 Å². The second-order valence-corrected chi connectivity index (χ2v) is 6.24. The summed E-state index contributed by atoms with van der Waals surface area (Å²) in [6.07, 6.45) is 5.49. The molecule has 4 heterocycles. The molecule has 1 amide bonds. The first-order valence-corrected chi connectivity index (χ1v) is 7.72. The number of fused-ring (bicyclic) bond motifs is 2. The number of aromatic nitrogens is 5. The first-order chi connectivity index (χ1) is 10.6. The Balaban J connectivity index is 1.63. The van der Waals surface area contributed by atoms with Crippen molar-refractivity contribution in [3.05, 3.63) is 46.3 Å². The molecule has 0 saturated carbocycles. The van der Waals surface area contributed by atoms with Crippen LogP contribution in [0.3, 0.4) is 0 Å². The van der Waals surface area contributed by atoms with Crippen LogP contribution in [-0.4, -0.2) is 41.5 Å². The fraction of sp³-hybridized carbons (Fsp3) is 0.286. The van der Waals surface area contributed by atoms with Crippen molar-refractivity contribution in [2.45, 2.75) is 20.0 Å². The van der Waals surface area contributed by atoms with Gasteiger partial charge in [-0.05, 0) is 22.9 Å². The van der Waals surface area contributed by atoms with Crippen molar-refractivity contribution in [2.24, 2.45) is 0 Å². The van der Waals surface area contributed by atoms with Crippen LogP contribution in [0.4, 0.5) is 0 Å². The molecule has 0 spiro atoms. The van der Waals surface area contributed by atoms with Crippen LogP contribution >= 0.6 is 15.9 Å². The maximum absolute atomic E-state index is 12.6.